The van der Waals surface area contributed by atoms with Crippen molar-refractivity contribution in [3.8, 4) is 0 Å². The highest BCUT2D eigenvalue weighted by Gasteiger charge is 2.27. The van der Waals surface area contributed by atoms with Gasteiger partial charge in [0, 0.05) is 12.8 Å². The number of hydrogen-bond donors (Lipinski definition) is 0. The maximum atomic E-state index is 13.2. The van der Waals surface area contributed by atoms with Crippen LogP contribution in [-0.2, 0) is 11.2 Å². The summed E-state index contributed by atoms with van der Waals surface area (Å²) >= 11 is 0. The molecule has 2 aromatic rings. The van der Waals surface area contributed by atoms with Crippen LogP contribution in [0.5, 0.6) is 0 Å². The van der Waals surface area contributed by atoms with Crippen LogP contribution in [-0.4, -0.2) is 15.9 Å². The fraction of sp³-hybridized carbons (Fsp3) is 0.438. The molecule has 1 aromatic carbocycles. The Hall–Kier alpha value is -2.04. The summed E-state index contributed by atoms with van der Waals surface area (Å²) in [5.74, 6) is 0.547. The number of nitrogens with zero attached hydrogens (tertiary/aromatic N) is 2. The second-order valence-electron chi connectivity index (χ2n) is 5.47. The lowest BCUT2D eigenvalue weighted by atomic mass is 9.99. The van der Waals surface area contributed by atoms with E-state index in [9.17, 15) is 9.18 Å². The van der Waals surface area contributed by atoms with E-state index < -0.39 is 0 Å². The Morgan fingerprint density at radius 2 is 2.19 bits per heavy atom. The largest absolute Gasteiger partial charge is 0.339 e. The normalized spacial score (nSPS) is 19.5. The Morgan fingerprint density at radius 3 is 3.05 bits per heavy atom. The predicted molar refractivity (Wildman–Crippen MR) is 74.3 cm³/mol. The molecule has 0 saturated heterocycles. The smallest absolute Gasteiger partial charge is 0.237 e. The number of benzene rings is 1. The van der Waals surface area contributed by atoms with Gasteiger partial charge in [-0.1, -0.05) is 30.1 Å². The lowest BCUT2D eigenvalue weighted by molar-refractivity contribution is -0.120. The summed E-state index contributed by atoms with van der Waals surface area (Å²) in [5, 5.41) is 3.92. The van der Waals surface area contributed by atoms with E-state index in [4.69, 9.17) is 4.52 Å². The zero-order valence-electron chi connectivity index (χ0n) is 11.7. The van der Waals surface area contributed by atoms with E-state index in [1.54, 1.807) is 6.07 Å². The van der Waals surface area contributed by atoms with Gasteiger partial charge in [0.25, 0.3) is 0 Å². The molecule has 1 aliphatic rings. The van der Waals surface area contributed by atoms with Gasteiger partial charge in [-0.25, -0.2) is 4.39 Å². The summed E-state index contributed by atoms with van der Waals surface area (Å²) < 4.78 is 18.4. The molecule has 0 bridgehead atoms. The number of rotatable bonds is 3. The van der Waals surface area contributed by atoms with Crippen LogP contribution in [0.2, 0.25) is 0 Å². The van der Waals surface area contributed by atoms with Gasteiger partial charge in [0.1, 0.15) is 11.6 Å². The van der Waals surface area contributed by atoms with Crippen molar-refractivity contribution in [2.45, 2.75) is 44.4 Å². The molecule has 4 nitrogen and oxygen atoms in total. The summed E-state index contributed by atoms with van der Waals surface area (Å²) in [6.07, 6.45) is 4.80. The summed E-state index contributed by atoms with van der Waals surface area (Å²) in [6, 6.07) is 6.32. The van der Waals surface area contributed by atoms with Gasteiger partial charge in [-0.3, -0.25) is 4.79 Å². The monoisotopic (exact) mass is 288 g/mol. The molecule has 5 heteroatoms. The van der Waals surface area contributed by atoms with Crippen LogP contribution in [0.25, 0.3) is 0 Å². The Morgan fingerprint density at radius 1 is 1.29 bits per heavy atom. The number of halogens is 1. The van der Waals surface area contributed by atoms with Crippen molar-refractivity contribution in [1.82, 2.24) is 10.1 Å². The molecule has 1 unspecified atom stereocenters. The molecule has 0 amide bonds. The molecule has 0 radical (unpaired) electrons. The van der Waals surface area contributed by atoms with Gasteiger partial charge in [0.15, 0.2) is 5.82 Å². The van der Waals surface area contributed by atoms with Crippen molar-refractivity contribution < 1.29 is 13.7 Å². The zero-order valence-corrected chi connectivity index (χ0v) is 11.7. The molecule has 0 spiro atoms. The van der Waals surface area contributed by atoms with E-state index in [-0.39, 0.29) is 17.5 Å². The molecule has 1 saturated carbocycles. The van der Waals surface area contributed by atoms with E-state index in [0.29, 0.717) is 24.6 Å². The second-order valence-corrected chi connectivity index (χ2v) is 5.47. The predicted octanol–water partition coefficient (Wildman–Crippen LogP) is 3.42. The van der Waals surface area contributed by atoms with Crippen LogP contribution in [0.3, 0.4) is 0 Å². The minimum atomic E-state index is -0.282. The fourth-order valence-electron chi connectivity index (χ4n) is 2.73. The highest BCUT2D eigenvalue weighted by atomic mass is 19.1. The Balaban J connectivity index is 1.75. The van der Waals surface area contributed by atoms with Gasteiger partial charge in [-0.15, -0.1) is 0 Å². The van der Waals surface area contributed by atoms with Crippen molar-refractivity contribution in [2.75, 3.05) is 0 Å². The van der Waals surface area contributed by atoms with Crippen LogP contribution in [0.15, 0.2) is 28.8 Å². The van der Waals surface area contributed by atoms with Gasteiger partial charge >= 0.3 is 0 Å². The zero-order chi connectivity index (χ0) is 14.7. The van der Waals surface area contributed by atoms with E-state index in [0.717, 1.165) is 31.2 Å². The number of Topliss-reactive ketones (excluding diaryl/α,β-unsaturated/α-hetero) is 1. The van der Waals surface area contributed by atoms with Crippen molar-refractivity contribution in [3.63, 3.8) is 0 Å². The highest BCUT2D eigenvalue weighted by Crippen LogP contribution is 2.28. The number of hydrogen-bond acceptors (Lipinski definition) is 4. The number of aromatic nitrogens is 2. The number of ketones is 1. The minimum Gasteiger partial charge on any atom is -0.339 e. The molecular formula is C16H17FN2O2. The molecule has 1 aliphatic carbocycles. The molecule has 110 valence electrons. The van der Waals surface area contributed by atoms with Gasteiger partial charge in [0.2, 0.25) is 5.89 Å². The summed E-state index contributed by atoms with van der Waals surface area (Å²) in [7, 11) is 0. The molecule has 0 N–H and O–H groups in total. The summed E-state index contributed by atoms with van der Waals surface area (Å²) in [4.78, 5) is 16.4. The second kappa shape index (κ2) is 6.16. The SMILES string of the molecule is O=C1CCCCCC1c1nc(Cc2cccc(F)c2)no1. The van der Waals surface area contributed by atoms with Gasteiger partial charge in [0.05, 0.1) is 5.92 Å². The van der Waals surface area contributed by atoms with E-state index in [1.165, 1.54) is 12.1 Å². The van der Waals surface area contributed by atoms with Crippen LogP contribution in [0.1, 0.15) is 55.3 Å². The maximum Gasteiger partial charge on any atom is 0.237 e. The van der Waals surface area contributed by atoms with Crippen LogP contribution < -0.4 is 0 Å². The van der Waals surface area contributed by atoms with E-state index >= 15 is 0 Å². The number of carbonyl (C=O) groups excluding carboxylic acids is 1. The third-order valence-corrected chi connectivity index (χ3v) is 3.84. The van der Waals surface area contributed by atoms with Crippen LogP contribution in [0, 0.1) is 5.82 Å². The van der Waals surface area contributed by atoms with Crippen LogP contribution in [0.4, 0.5) is 4.39 Å². The van der Waals surface area contributed by atoms with Crippen molar-refractivity contribution in [1.29, 1.82) is 0 Å². The van der Waals surface area contributed by atoms with E-state index in [1.807, 2.05) is 6.07 Å². The first-order valence-electron chi connectivity index (χ1n) is 7.32. The lowest BCUT2D eigenvalue weighted by Gasteiger charge is -2.06. The molecule has 21 heavy (non-hydrogen) atoms. The Kier molecular flexibility index (Phi) is 4.08. The molecule has 1 heterocycles. The van der Waals surface area contributed by atoms with E-state index in [2.05, 4.69) is 10.1 Å². The lowest BCUT2D eigenvalue weighted by Crippen LogP contribution is -2.10. The standard InChI is InChI=1S/C16H17FN2O2/c17-12-6-4-5-11(9-12)10-15-18-16(21-19-15)13-7-2-1-3-8-14(13)20/h4-6,9,13H,1-3,7-8,10H2. The molecule has 0 aliphatic heterocycles. The van der Waals surface area contributed by atoms with Gasteiger partial charge in [-0.2, -0.15) is 4.98 Å². The highest BCUT2D eigenvalue weighted by molar-refractivity contribution is 5.84. The maximum absolute atomic E-state index is 13.2. The van der Waals surface area contributed by atoms with Crippen molar-refractivity contribution >= 4 is 5.78 Å². The quantitative estimate of drug-likeness (QED) is 0.812. The average Bonchev–Trinajstić information content (AvgIpc) is 2.80. The molecule has 1 atom stereocenters. The molecule has 1 aromatic heterocycles. The minimum absolute atomic E-state index is 0.188. The fourth-order valence-corrected chi connectivity index (χ4v) is 2.73. The van der Waals surface area contributed by atoms with Gasteiger partial charge < -0.3 is 4.52 Å². The first-order valence-corrected chi connectivity index (χ1v) is 7.32. The Labute approximate surface area is 122 Å². The Bertz CT molecular complexity index is 639. The van der Waals surface area contributed by atoms with Crippen LogP contribution >= 0.6 is 0 Å². The average molecular weight is 288 g/mol. The first kappa shape index (κ1) is 13.9. The topological polar surface area (TPSA) is 56.0 Å². The molecule has 1 fully saturated rings. The molecule has 3 rings (SSSR count). The summed E-state index contributed by atoms with van der Waals surface area (Å²) in [5.41, 5.74) is 0.787. The summed E-state index contributed by atoms with van der Waals surface area (Å²) in [6.45, 7) is 0. The van der Waals surface area contributed by atoms with Crippen molar-refractivity contribution in [2.24, 2.45) is 0 Å². The van der Waals surface area contributed by atoms with Crippen molar-refractivity contribution in [3.05, 3.63) is 47.4 Å². The number of carbonyl (C=O) groups is 1. The van der Waals surface area contributed by atoms with Gasteiger partial charge in [-0.05, 0) is 30.5 Å². The third kappa shape index (κ3) is 3.35. The molecular weight excluding hydrogens is 271 g/mol. The third-order valence-electron chi connectivity index (χ3n) is 3.84. The first-order chi connectivity index (χ1) is 10.2.